The summed E-state index contributed by atoms with van der Waals surface area (Å²) >= 11 is 0. The standard InChI is InChI=1S/C38H34O13S/c39-30(48-32-20-12-26-28(14-20)37(41)50-34(26)32)16-46-22-8-4-18(5-9-22)24-2-1-3-25(36(24)52(43,44)45)19-6-10-23(11-7-19)47-17-31(40)49-33-21-13-27-29(15-21)38(42)51-35(27)33/h1-11,20-21,26-29,32-35H,12-17H2,(H,43,44,45)/p-1. The molecule has 6 aliphatic rings. The second kappa shape index (κ2) is 12.3. The van der Waals surface area contributed by atoms with E-state index in [1.54, 1.807) is 54.6 Å². The molecule has 270 valence electrons. The Morgan fingerprint density at radius 2 is 1.08 bits per heavy atom. The lowest BCUT2D eigenvalue weighted by atomic mass is 9.88. The third-order valence-corrected chi connectivity index (χ3v) is 12.6. The average Bonchev–Trinajstić information content (AvgIpc) is 3.96. The van der Waals surface area contributed by atoms with Gasteiger partial charge < -0.3 is 33.0 Å². The zero-order chi connectivity index (χ0) is 35.9. The van der Waals surface area contributed by atoms with Crippen molar-refractivity contribution in [1.29, 1.82) is 0 Å². The number of benzene rings is 3. The largest absolute Gasteiger partial charge is 0.744 e. The van der Waals surface area contributed by atoms with Crippen LogP contribution in [0.5, 0.6) is 11.5 Å². The van der Waals surface area contributed by atoms with Crippen molar-refractivity contribution >= 4 is 34.0 Å². The molecule has 0 N–H and O–H groups in total. The maximum absolute atomic E-state index is 12.7. The molecule has 0 spiro atoms. The van der Waals surface area contributed by atoms with Gasteiger partial charge in [-0.25, -0.2) is 18.0 Å². The minimum Gasteiger partial charge on any atom is -0.744 e. The first-order chi connectivity index (χ1) is 25.0. The summed E-state index contributed by atoms with van der Waals surface area (Å²) in [5, 5.41) is 0. The molecule has 3 aromatic carbocycles. The van der Waals surface area contributed by atoms with Crippen LogP contribution < -0.4 is 9.47 Å². The molecule has 0 amide bonds. The van der Waals surface area contributed by atoms with Crippen molar-refractivity contribution in [3.8, 4) is 33.8 Å². The molecule has 6 fully saturated rings. The quantitative estimate of drug-likeness (QED) is 0.159. The number of ether oxygens (including phenoxy) is 6. The number of hydrogen-bond donors (Lipinski definition) is 0. The highest BCUT2D eigenvalue weighted by atomic mass is 32.2. The van der Waals surface area contributed by atoms with E-state index in [1.165, 1.54) is 12.1 Å². The van der Waals surface area contributed by atoms with Crippen LogP contribution >= 0.6 is 0 Å². The molecular weight excluding hydrogens is 696 g/mol. The van der Waals surface area contributed by atoms with Crippen LogP contribution in [0.25, 0.3) is 22.3 Å². The van der Waals surface area contributed by atoms with Crippen molar-refractivity contribution in [2.75, 3.05) is 13.2 Å². The van der Waals surface area contributed by atoms with Crippen molar-refractivity contribution < 1.29 is 60.6 Å². The summed E-state index contributed by atoms with van der Waals surface area (Å²) in [6.45, 7) is -0.736. The summed E-state index contributed by atoms with van der Waals surface area (Å²) in [5.74, 6) is -0.653. The molecule has 0 aromatic heterocycles. The van der Waals surface area contributed by atoms with Gasteiger partial charge in [-0.1, -0.05) is 42.5 Å². The Hall–Kier alpha value is -4.95. The molecular formula is C38H33O13S-. The molecule has 10 unspecified atom stereocenters. The van der Waals surface area contributed by atoms with Crippen LogP contribution in [0.15, 0.2) is 71.6 Å². The zero-order valence-corrected chi connectivity index (χ0v) is 28.4. The van der Waals surface area contributed by atoms with E-state index in [-0.39, 0.29) is 84.0 Å². The number of carbonyl (C=O) groups excluding carboxylic acids is 4. The SMILES string of the molecule is O=C(COc1ccc(-c2cccc(-c3ccc(OCC(=O)OC4C5CC6C(=O)OC4C6C5)cc3)c2S(=O)(=O)[O-])cc1)OC1C2CC3C(=O)OC1C3C2. The van der Waals surface area contributed by atoms with Gasteiger partial charge in [-0.2, -0.15) is 0 Å². The van der Waals surface area contributed by atoms with Crippen molar-refractivity contribution in [3.63, 3.8) is 0 Å². The Bertz CT molecular complexity index is 1950. The van der Waals surface area contributed by atoms with Gasteiger partial charge in [0.05, 0.1) is 16.7 Å². The first kappa shape index (κ1) is 32.9. The highest BCUT2D eigenvalue weighted by Crippen LogP contribution is 2.56. The molecule has 3 aromatic rings. The monoisotopic (exact) mass is 729 g/mol. The van der Waals surface area contributed by atoms with E-state index < -0.39 is 39.2 Å². The number of esters is 4. The predicted octanol–water partition coefficient (Wildman–Crippen LogP) is 3.67. The first-order valence-electron chi connectivity index (χ1n) is 17.4. The second-order valence-corrected chi connectivity index (χ2v) is 15.8. The molecule has 4 aliphatic carbocycles. The van der Waals surface area contributed by atoms with Gasteiger partial charge in [-0.15, -0.1) is 0 Å². The lowest BCUT2D eigenvalue weighted by Crippen LogP contribution is -2.37. The lowest BCUT2D eigenvalue weighted by molar-refractivity contribution is -0.163. The second-order valence-electron chi connectivity index (χ2n) is 14.5. The molecule has 2 aliphatic heterocycles. The van der Waals surface area contributed by atoms with Crippen molar-refractivity contribution in [2.45, 2.75) is 55.0 Å². The fraction of sp³-hybridized carbons (Fsp3) is 0.421. The van der Waals surface area contributed by atoms with Gasteiger partial charge in [0.25, 0.3) is 0 Å². The van der Waals surface area contributed by atoms with Crippen LogP contribution in [0.3, 0.4) is 0 Å². The van der Waals surface area contributed by atoms with Crippen LogP contribution in [-0.2, 0) is 48.2 Å². The summed E-state index contributed by atoms with van der Waals surface area (Å²) < 4.78 is 71.4. The molecule has 9 rings (SSSR count). The Morgan fingerprint density at radius 3 is 1.48 bits per heavy atom. The summed E-state index contributed by atoms with van der Waals surface area (Å²) in [5.41, 5.74) is 1.23. The number of rotatable bonds is 11. The van der Waals surface area contributed by atoms with E-state index >= 15 is 0 Å². The Labute approximate surface area is 298 Å². The molecule has 2 heterocycles. The van der Waals surface area contributed by atoms with Crippen LogP contribution in [0.4, 0.5) is 0 Å². The fourth-order valence-electron chi connectivity index (χ4n) is 9.51. The molecule has 4 saturated carbocycles. The van der Waals surface area contributed by atoms with Crippen molar-refractivity contribution in [1.82, 2.24) is 0 Å². The van der Waals surface area contributed by atoms with Crippen LogP contribution in [0.1, 0.15) is 25.7 Å². The van der Waals surface area contributed by atoms with E-state index in [2.05, 4.69) is 0 Å². The smallest absolute Gasteiger partial charge is 0.344 e. The fourth-order valence-corrected chi connectivity index (χ4v) is 10.4. The summed E-state index contributed by atoms with van der Waals surface area (Å²) in [4.78, 5) is 48.8. The van der Waals surface area contributed by atoms with E-state index in [9.17, 15) is 32.1 Å². The molecule has 52 heavy (non-hydrogen) atoms. The topological polar surface area (TPSA) is 181 Å². The summed E-state index contributed by atoms with van der Waals surface area (Å²) in [6.07, 6.45) is 1.27. The average molecular weight is 730 g/mol. The maximum atomic E-state index is 12.7. The van der Waals surface area contributed by atoms with Gasteiger partial charge in [0, 0.05) is 23.7 Å². The number of hydrogen-bond acceptors (Lipinski definition) is 13. The van der Waals surface area contributed by atoms with Gasteiger partial charge >= 0.3 is 23.9 Å². The summed E-state index contributed by atoms with van der Waals surface area (Å²) in [6, 6.07) is 17.3. The highest BCUT2D eigenvalue weighted by Gasteiger charge is 2.64. The predicted molar refractivity (Wildman–Crippen MR) is 175 cm³/mol. The minimum atomic E-state index is -4.97. The molecule has 10 atom stereocenters. The molecule has 13 nitrogen and oxygen atoms in total. The van der Waals surface area contributed by atoms with E-state index in [4.69, 9.17) is 28.4 Å². The minimum absolute atomic E-state index is 0.0825. The van der Waals surface area contributed by atoms with Crippen LogP contribution in [0.2, 0.25) is 0 Å². The van der Waals surface area contributed by atoms with E-state index in [0.717, 1.165) is 12.8 Å². The van der Waals surface area contributed by atoms with Gasteiger partial charge in [-0.3, -0.25) is 9.59 Å². The van der Waals surface area contributed by atoms with Gasteiger partial charge in [0.1, 0.15) is 46.0 Å². The molecule has 4 bridgehead atoms. The van der Waals surface area contributed by atoms with Crippen LogP contribution in [0, 0.1) is 35.5 Å². The third-order valence-electron chi connectivity index (χ3n) is 11.7. The van der Waals surface area contributed by atoms with Crippen molar-refractivity contribution in [3.05, 3.63) is 66.7 Å². The lowest BCUT2D eigenvalue weighted by Gasteiger charge is -2.25. The van der Waals surface area contributed by atoms with Gasteiger partial charge in [-0.05, 0) is 72.2 Å². The Balaban J connectivity index is 0.834. The Kier molecular flexibility index (Phi) is 7.81. The van der Waals surface area contributed by atoms with E-state index in [1.807, 2.05) is 0 Å². The third kappa shape index (κ3) is 5.59. The summed E-state index contributed by atoms with van der Waals surface area (Å²) in [7, 11) is -4.97. The van der Waals surface area contributed by atoms with E-state index in [0.29, 0.717) is 35.5 Å². The zero-order valence-electron chi connectivity index (χ0n) is 27.6. The molecule has 2 saturated heterocycles. The van der Waals surface area contributed by atoms with Crippen LogP contribution in [-0.4, -0.2) is 74.5 Å². The van der Waals surface area contributed by atoms with Crippen molar-refractivity contribution in [2.24, 2.45) is 35.5 Å². The highest BCUT2D eigenvalue weighted by molar-refractivity contribution is 7.86. The normalized spacial score (nSPS) is 31.7. The van der Waals surface area contributed by atoms with Gasteiger partial charge in [0.15, 0.2) is 13.2 Å². The number of fused-ring (bicyclic) bond motifs is 2. The first-order valence-corrected chi connectivity index (χ1v) is 18.8. The Morgan fingerprint density at radius 1 is 0.654 bits per heavy atom. The molecule has 14 heteroatoms. The van der Waals surface area contributed by atoms with Gasteiger partial charge in [0.2, 0.25) is 0 Å². The number of carbonyl (C=O) groups is 4. The maximum Gasteiger partial charge on any atom is 0.344 e. The molecule has 0 radical (unpaired) electrons.